The van der Waals surface area contributed by atoms with E-state index in [2.05, 4.69) is 45.8 Å². The molecular weight excluding hydrogens is 300 g/mol. The number of benzene rings is 1. The monoisotopic (exact) mass is 326 g/mol. The van der Waals surface area contributed by atoms with Gasteiger partial charge in [-0.1, -0.05) is 12.1 Å². The molecule has 1 saturated carbocycles. The van der Waals surface area contributed by atoms with Gasteiger partial charge in [-0.05, 0) is 62.4 Å². The molecular formula is C19H26N4O. The van der Waals surface area contributed by atoms with Gasteiger partial charge >= 0.3 is 0 Å². The van der Waals surface area contributed by atoms with E-state index >= 15 is 0 Å². The van der Waals surface area contributed by atoms with Crippen LogP contribution in [0.5, 0.6) is 0 Å². The van der Waals surface area contributed by atoms with E-state index in [9.17, 15) is 5.11 Å². The summed E-state index contributed by atoms with van der Waals surface area (Å²) in [6.45, 7) is 2.11. The van der Waals surface area contributed by atoms with Gasteiger partial charge in [0.25, 0.3) is 0 Å². The van der Waals surface area contributed by atoms with E-state index in [0.29, 0.717) is 12.0 Å². The van der Waals surface area contributed by atoms with E-state index in [1.54, 1.807) is 0 Å². The minimum Gasteiger partial charge on any atom is -0.393 e. The zero-order chi connectivity index (χ0) is 16.7. The van der Waals surface area contributed by atoms with E-state index in [4.69, 9.17) is 5.73 Å². The van der Waals surface area contributed by atoms with Crippen LogP contribution in [-0.4, -0.2) is 45.8 Å². The molecule has 1 fully saturated rings. The van der Waals surface area contributed by atoms with Crippen molar-refractivity contribution in [3.05, 3.63) is 29.8 Å². The predicted molar refractivity (Wildman–Crippen MR) is 97.7 cm³/mol. The molecule has 0 bridgehead atoms. The average Bonchev–Trinajstić information content (AvgIpc) is 2.91. The summed E-state index contributed by atoms with van der Waals surface area (Å²) >= 11 is 0. The number of nitrogens with zero attached hydrogens (tertiary/aromatic N) is 3. The molecule has 5 heteroatoms. The van der Waals surface area contributed by atoms with Gasteiger partial charge in [0, 0.05) is 19.1 Å². The van der Waals surface area contributed by atoms with E-state index < -0.39 is 0 Å². The van der Waals surface area contributed by atoms with Gasteiger partial charge in [-0.25, -0.2) is 4.98 Å². The number of hydrogen-bond acceptors (Lipinski definition) is 4. The first-order valence-electron chi connectivity index (χ1n) is 8.95. The molecule has 4 rings (SSSR count). The molecule has 2 aliphatic rings. The van der Waals surface area contributed by atoms with Crippen molar-refractivity contribution < 1.29 is 5.11 Å². The highest BCUT2D eigenvalue weighted by Crippen LogP contribution is 2.35. The first-order chi connectivity index (χ1) is 11.6. The third-order valence-corrected chi connectivity index (χ3v) is 5.53. The lowest BCUT2D eigenvalue weighted by Crippen LogP contribution is -2.23. The summed E-state index contributed by atoms with van der Waals surface area (Å²) in [5, 5.41) is 9.78. The highest BCUT2D eigenvalue weighted by molar-refractivity contribution is 5.83. The first-order valence-corrected chi connectivity index (χ1v) is 8.95. The molecule has 1 aromatic heterocycles. The van der Waals surface area contributed by atoms with E-state index in [1.165, 1.54) is 11.1 Å². The maximum Gasteiger partial charge on any atom is 0.201 e. The maximum absolute atomic E-state index is 9.78. The van der Waals surface area contributed by atoms with Crippen LogP contribution in [0.3, 0.4) is 0 Å². The Kier molecular flexibility index (Phi) is 4.06. The van der Waals surface area contributed by atoms with Gasteiger partial charge in [0.05, 0.1) is 17.1 Å². The Morgan fingerprint density at radius 1 is 1.21 bits per heavy atom. The lowest BCUT2D eigenvalue weighted by molar-refractivity contribution is 0.112. The van der Waals surface area contributed by atoms with Crippen LogP contribution in [0.15, 0.2) is 24.3 Å². The zero-order valence-corrected chi connectivity index (χ0v) is 14.3. The summed E-state index contributed by atoms with van der Waals surface area (Å²) in [5.41, 5.74) is 11.0. The van der Waals surface area contributed by atoms with Crippen LogP contribution in [-0.2, 0) is 0 Å². The fraction of sp³-hybridized carbons (Fsp3) is 0.526. The Labute approximate surface area is 142 Å². The van der Waals surface area contributed by atoms with Gasteiger partial charge in [0.1, 0.15) is 0 Å². The van der Waals surface area contributed by atoms with Crippen LogP contribution in [0.1, 0.15) is 43.7 Å². The second-order valence-electron chi connectivity index (χ2n) is 7.25. The SMILES string of the molecule is CN1CC=C(c2ccc3nc(N)n(C4CCC(O)CC4)c3c2)CC1. The van der Waals surface area contributed by atoms with Crippen LogP contribution < -0.4 is 5.73 Å². The number of aromatic nitrogens is 2. The Hall–Kier alpha value is -1.85. The van der Waals surface area contributed by atoms with Crippen molar-refractivity contribution in [2.24, 2.45) is 0 Å². The summed E-state index contributed by atoms with van der Waals surface area (Å²) in [7, 11) is 2.16. The van der Waals surface area contributed by atoms with Crippen molar-refractivity contribution in [3.63, 3.8) is 0 Å². The number of aliphatic hydroxyl groups excluding tert-OH is 1. The summed E-state index contributed by atoms with van der Waals surface area (Å²) in [6, 6.07) is 6.86. The van der Waals surface area contributed by atoms with E-state index in [-0.39, 0.29) is 6.10 Å². The molecule has 0 radical (unpaired) electrons. The summed E-state index contributed by atoms with van der Waals surface area (Å²) < 4.78 is 2.19. The van der Waals surface area contributed by atoms with Crippen molar-refractivity contribution in [1.29, 1.82) is 0 Å². The predicted octanol–water partition coefficient (Wildman–Crippen LogP) is 2.81. The molecule has 0 saturated heterocycles. The lowest BCUT2D eigenvalue weighted by atomic mass is 9.92. The van der Waals surface area contributed by atoms with Crippen molar-refractivity contribution in [2.75, 3.05) is 25.9 Å². The summed E-state index contributed by atoms with van der Waals surface area (Å²) in [6.07, 6.45) is 6.88. The third-order valence-electron chi connectivity index (χ3n) is 5.53. The van der Waals surface area contributed by atoms with E-state index in [1.807, 2.05) is 0 Å². The molecule has 1 aliphatic heterocycles. The van der Waals surface area contributed by atoms with Crippen molar-refractivity contribution >= 4 is 22.6 Å². The van der Waals surface area contributed by atoms with Crippen LogP contribution in [0, 0.1) is 0 Å². The van der Waals surface area contributed by atoms with Crippen molar-refractivity contribution in [3.8, 4) is 0 Å². The minimum absolute atomic E-state index is 0.155. The standard InChI is InChI=1S/C19H26N4O/c1-22-10-8-13(9-11-22)14-2-7-17-18(12-14)23(19(20)21-17)15-3-5-16(24)6-4-15/h2,7-8,12,15-16,24H,3-6,9-11H2,1H3,(H2,20,21). The Morgan fingerprint density at radius 2 is 2.00 bits per heavy atom. The Morgan fingerprint density at radius 3 is 2.71 bits per heavy atom. The largest absolute Gasteiger partial charge is 0.393 e. The molecule has 1 aromatic carbocycles. The summed E-state index contributed by atoms with van der Waals surface area (Å²) in [5.74, 6) is 0.598. The molecule has 24 heavy (non-hydrogen) atoms. The highest BCUT2D eigenvalue weighted by Gasteiger charge is 2.24. The second-order valence-corrected chi connectivity index (χ2v) is 7.25. The topological polar surface area (TPSA) is 67.3 Å². The number of hydrogen-bond donors (Lipinski definition) is 2. The number of nitrogens with two attached hydrogens (primary N) is 1. The van der Waals surface area contributed by atoms with Crippen LogP contribution in [0.4, 0.5) is 5.95 Å². The molecule has 128 valence electrons. The molecule has 0 spiro atoms. The Bertz CT molecular complexity index is 771. The quantitative estimate of drug-likeness (QED) is 0.890. The third kappa shape index (κ3) is 2.82. The molecule has 2 heterocycles. The molecule has 2 aromatic rings. The van der Waals surface area contributed by atoms with Crippen LogP contribution in [0.25, 0.3) is 16.6 Å². The average molecular weight is 326 g/mol. The maximum atomic E-state index is 9.78. The molecule has 0 atom stereocenters. The number of likely N-dealkylation sites (N-methyl/N-ethyl adjacent to an activating group) is 1. The molecule has 0 amide bonds. The van der Waals surface area contributed by atoms with Gasteiger partial charge in [0.15, 0.2) is 0 Å². The summed E-state index contributed by atoms with van der Waals surface area (Å²) in [4.78, 5) is 6.89. The van der Waals surface area contributed by atoms with Gasteiger partial charge in [-0.15, -0.1) is 0 Å². The minimum atomic E-state index is -0.155. The number of rotatable bonds is 2. The van der Waals surface area contributed by atoms with Gasteiger partial charge < -0.3 is 20.3 Å². The molecule has 3 N–H and O–H groups in total. The van der Waals surface area contributed by atoms with E-state index in [0.717, 1.165) is 56.2 Å². The van der Waals surface area contributed by atoms with Crippen molar-refractivity contribution in [2.45, 2.75) is 44.2 Å². The van der Waals surface area contributed by atoms with Gasteiger partial charge in [-0.3, -0.25) is 0 Å². The van der Waals surface area contributed by atoms with Crippen LogP contribution in [0.2, 0.25) is 0 Å². The van der Waals surface area contributed by atoms with Gasteiger partial charge in [-0.2, -0.15) is 0 Å². The molecule has 5 nitrogen and oxygen atoms in total. The second kappa shape index (κ2) is 6.22. The zero-order valence-electron chi connectivity index (χ0n) is 14.3. The van der Waals surface area contributed by atoms with Crippen molar-refractivity contribution in [1.82, 2.24) is 14.5 Å². The van der Waals surface area contributed by atoms with Crippen LogP contribution >= 0.6 is 0 Å². The number of imidazole rings is 1. The smallest absolute Gasteiger partial charge is 0.201 e. The Balaban J connectivity index is 1.72. The number of aliphatic hydroxyl groups is 1. The number of nitrogen functional groups attached to an aromatic ring is 1. The number of anilines is 1. The molecule has 1 aliphatic carbocycles. The highest BCUT2D eigenvalue weighted by atomic mass is 16.3. The fourth-order valence-corrected chi connectivity index (χ4v) is 4.04. The first kappa shape index (κ1) is 15.7. The normalized spacial score (nSPS) is 25.8. The van der Waals surface area contributed by atoms with Gasteiger partial charge in [0.2, 0.25) is 5.95 Å². The molecule has 0 unspecified atom stereocenters. The lowest BCUT2D eigenvalue weighted by Gasteiger charge is -2.27. The fourth-order valence-electron chi connectivity index (χ4n) is 4.04. The number of fused-ring (bicyclic) bond motifs is 1.